The Kier molecular flexibility index (Phi) is 6.06. The summed E-state index contributed by atoms with van der Waals surface area (Å²) in [6, 6.07) is 8.31. The highest BCUT2D eigenvalue weighted by Crippen LogP contribution is 2.25. The van der Waals surface area contributed by atoms with Crippen LogP contribution in [0, 0.1) is 5.92 Å². The van der Waals surface area contributed by atoms with Crippen LogP contribution in [-0.2, 0) is 0 Å². The van der Waals surface area contributed by atoms with Gasteiger partial charge in [0.15, 0.2) is 0 Å². The molecule has 0 amide bonds. The zero-order chi connectivity index (χ0) is 12.7. The van der Waals surface area contributed by atoms with E-state index in [0.717, 1.165) is 5.75 Å². The van der Waals surface area contributed by atoms with Crippen LogP contribution in [0.5, 0.6) is 5.75 Å². The van der Waals surface area contributed by atoms with Crippen molar-refractivity contribution in [2.75, 3.05) is 6.61 Å². The monoisotopic (exact) mass is 235 g/mol. The molecule has 0 radical (unpaired) electrons. The van der Waals surface area contributed by atoms with Crippen molar-refractivity contribution in [1.29, 1.82) is 0 Å². The summed E-state index contributed by atoms with van der Waals surface area (Å²) >= 11 is 0. The van der Waals surface area contributed by atoms with Gasteiger partial charge in [-0.3, -0.25) is 0 Å². The lowest BCUT2D eigenvalue weighted by molar-refractivity contribution is 0.340. The second kappa shape index (κ2) is 7.33. The van der Waals surface area contributed by atoms with E-state index in [4.69, 9.17) is 10.5 Å². The summed E-state index contributed by atoms with van der Waals surface area (Å²) in [6.07, 6.45) is 3.69. The number of ether oxygens (including phenoxy) is 1. The average Bonchev–Trinajstić information content (AvgIpc) is 2.36. The Labute approximate surface area is 105 Å². The van der Waals surface area contributed by atoms with E-state index in [9.17, 15) is 0 Å². The maximum absolute atomic E-state index is 6.26. The second-order valence-electron chi connectivity index (χ2n) is 4.65. The molecule has 0 saturated heterocycles. The predicted octanol–water partition coefficient (Wildman–Crippen LogP) is 3.91. The predicted molar refractivity (Wildman–Crippen MR) is 73.2 cm³/mol. The zero-order valence-corrected chi connectivity index (χ0v) is 11.3. The Morgan fingerprint density at radius 2 is 1.82 bits per heavy atom. The lowest BCUT2D eigenvalue weighted by Gasteiger charge is -2.20. The first-order chi connectivity index (χ1) is 8.19. The van der Waals surface area contributed by atoms with Gasteiger partial charge < -0.3 is 10.5 Å². The van der Waals surface area contributed by atoms with E-state index < -0.39 is 0 Å². The lowest BCUT2D eigenvalue weighted by atomic mass is 9.91. The van der Waals surface area contributed by atoms with Crippen LogP contribution in [0.15, 0.2) is 24.3 Å². The first kappa shape index (κ1) is 14.0. The van der Waals surface area contributed by atoms with E-state index in [-0.39, 0.29) is 6.04 Å². The van der Waals surface area contributed by atoms with E-state index in [1.54, 1.807) is 0 Å². The molecule has 2 nitrogen and oxygen atoms in total. The molecular formula is C15H25NO. The van der Waals surface area contributed by atoms with Gasteiger partial charge in [0.25, 0.3) is 0 Å². The molecule has 0 saturated carbocycles. The van der Waals surface area contributed by atoms with Crippen molar-refractivity contribution in [2.24, 2.45) is 11.7 Å². The van der Waals surface area contributed by atoms with Crippen LogP contribution >= 0.6 is 0 Å². The number of rotatable bonds is 7. The summed E-state index contributed by atoms with van der Waals surface area (Å²) in [4.78, 5) is 0. The smallest absolute Gasteiger partial charge is 0.119 e. The first-order valence-corrected chi connectivity index (χ1v) is 6.67. The number of hydrogen-bond acceptors (Lipinski definition) is 2. The highest BCUT2D eigenvalue weighted by atomic mass is 16.5. The molecule has 2 unspecified atom stereocenters. The van der Waals surface area contributed by atoms with E-state index in [0.29, 0.717) is 12.5 Å². The molecule has 0 heterocycles. The third-order valence-corrected chi connectivity index (χ3v) is 3.20. The van der Waals surface area contributed by atoms with Crippen molar-refractivity contribution in [1.82, 2.24) is 0 Å². The van der Waals surface area contributed by atoms with Crippen LogP contribution in [0.4, 0.5) is 0 Å². The van der Waals surface area contributed by atoms with E-state index in [1.807, 2.05) is 19.1 Å². The molecule has 0 aliphatic carbocycles. The third kappa shape index (κ3) is 4.39. The van der Waals surface area contributed by atoms with Gasteiger partial charge in [-0.2, -0.15) is 0 Å². The fraction of sp³-hybridized carbons (Fsp3) is 0.600. The molecule has 1 rings (SSSR count). The summed E-state index contributed by atoms with van der Waals surface area (Å²) in [6.45, 7) is 7.15. The quantitative estimate of drug-likeness (QED) is 0.777. The van der Waals surface area contributed by atoms with Gasteiger partial charge in [0, 0.05) is 6.04 Å². The standard InChI is InChI=1S/C15H25NO/c1-4-6-7-12(3)15(16)13-8-10-14(11-9-13)17-5-2/h8-12,15H,4-7,16H2,1-3H3. The largest absolute Gasteiger partial charge is 0.494 e. The number of hydrogen-bond donors (Lipinski definition) is 1. The minimum absolute atomic E-state index is 0.136. The summed E-state index contributed by atoms with van der Waals surface area (Å²) < 4.78 is 5.43. The molecule has 0 aliphatic heterocycles. The van der Waals surface area contributed by atoms with Crippen LogP contribution in [-0.4, -0.2) is 6.61 Å². The van der Waals surface area contributed by atoms with Gasteiger partial charge in [-0.05, 0) is 37.0 Å². The molecule has 0 fully saturated rings. The molecule has 0 aliphatic rings. The molecule has 17 heavy (non-hydrogen) atoms. The molecule has 1 aromatic rings. The highest BCUT2D eigenvalue weighted by molar-refractivity contribution is 5.29. The maximum atomic E-state index is 6.26. The normalized spacial score (nSPS) is 14.4. The van der Waals surface area contributed by atoms with Gasteiger partial charge in [0.05, 0.1) is 6.61 Å². The van der Waals surface area contributed by atoms with Crippen LogP contribution in [0.3, 0.4) is 0 Å². The van der Waals surface area contributed by atoms with E-state index >= 15 is 0 Å². The Morgan fingerprint density at radius 3 is 2.35 bits per heavy atom. The van der Waals surface area contributed by atoms with Crippen LogP contribution in [0.2, 0.25) is 0 Å². The minimum Gasteiger partial charge on any atom is -0.494 e. The van der Waals surface area contributed by atoms with Crippen molar-refractivity contribution in [3.05, 3.63) is 29.8 Å². The van der Waals surface area contributed by atoms with Crippen molar-refractivity contribution in [3.63, 3.8) is 0 Å². The minimum atomic E-state index is 0.136. The molecule has 96 valence electrons. The van der Waals surface area contributed by atoms with Gasteiger partial charge in [0.1, 0.15) is 5.75 Å². The molecule has 0 bridgehead atoms. The Hall–Kier alpha value is -1.02. The molecule has 0 aromatic heterocycles. The Balaban J connectivity index is 2.58. The topological polar surface area (TPSA) is 35.2 Å². The molecule has 1 aromatic carbocycles. The van der Waals surface area contributed by atoms with Crippen molar-refractivity contribution in [2.45, 2.75) is 46.1 Å². The third-order valence-electron chi connectivity index (χ3n) is 3.20. The van der Waals surface area contributed by atoms with Crippen molar-refractivity contribution >= 4 is 0 Å². The van der Waals surface area contributed by atoms with Gasteiger partial charge in [0.2, 0.25) is 0 Å². The fourth-order valence-corrected chi connectivity index (χ4v) is 1.99. The number of benzene rings is 1. The first-order valence-electron chi connectivity index (χ1n) is 6.67. The van der Waals surface area contributed by atoms with E-state index in [2.05, 4.69) is 26.0 Å². The molecule has 2 N–H and O–H groups in total. The average molecular weight is 235 g/mol. The van der Waals surface area contributed by atoms with Crippen molar-refractivity contribution < 1.29 is 4.74 Å². The van der Waals surface area contributed by atoms with Crippen LogP contribution in [0.25, 0.3) is 0 Å². The van der Waals surface area contributed by atoms with Gasteiger partial charge in [-0.15, -0.1) is 0 Å². The fourth-order valence-electron chi connectivity index (χ4n) is 1.99. The molecular weight excluding hydrogens is 210 g/mol. The van der Waals surface area contributed by atoms with Gasteiger partial charge in [-0.25, -0.2) is 0 Å². The summed E-state index contributed by atoms with van der Waals surface area (Å²) in [5.41, 5.74) is 7.47. The summed E-state index contributed by atoms with van der Waals surface area (Å²) in [5.74, 6) is 1.46. The zero-order valence-electron chi connectivity index (χ0n) is 11.3. The molecule has 2 atom stereocenters. The van der Waals surface area contributed by atoms with Crippen LogP contribution in [0.1, 0.15) is 51.6 Å². The highest BCUT2D eigenvalue weighted by Gasteiger charge is 2.14. The lowest BCUT2D eigenvalue weighted by Crippen LogP contribution is -2.19. The molecule has 0 spiro atoms. The Morgan fingerprint density at radius 1 is 1.18 bits per heavy atom. The Bertz CT molecular complexity index is 307. The van der Waals surface area contributed by atoms with Gasteiger partial charge >= 0.3 is 0 Å². The van der Waals surface area contributed by atoms with Crippen molar-refractivity contribution in [3.8, 4) is 5.75 Å². The summed E-state index contributed by atoms with van der Waals surface area (Å²) in [5, 5.41) is 0. The number of unbranched alkanes of at least 4 members (excludes halogenated alkanes) is 1. The van der Waals surface area contributed by atoms with Gasteiger partial charge in [-0.1, -0.05) is 38.8 Å². The summed E-state index contributed by atoms with van der Waals surface area (Å²) in [7, 11) is 0. The van der Waals surface area contributed by atoms with E-state index in [1.165, 1.54) is 24.8 Å². The SMILES string of the molecule is CCCCC(C)C(N)c1ccc(OCC)cc1. The number of nitrogens with two attached hydrogens (primary N) is 1. The maximum Gasteiger partial charge on any atom is 0.119 e. The van der Waals surface area contributed by atoms with Crippen LogP contribution < -0.4 is 10.5 Å². The molecule has 2 heteroatoms. The second-order valence-corrected chi connectivity index (χ2v) is 4.65.